The molecule has 0 bridgehead atoms. The van der Waals surface area contributed by atoms with Crippen molar-refractivity contribution in [1.82, 2.24) is 0 Å². The SMILES string of the molecule is Cc1ccc(NC2CC(=O)N(c3ccccc3C)C2=O)cc1. The second-order valence-corrected chi connectivity index (χ2v) is 5.62. The summed E-state index contributed by atoms with van der Waals surface area (Å²) < 4.78 is 0. The molecule has 112 valence electrons. The number of nitrogens with one attached hydrogen (secondary N) is 1. The van der Waals surface area contributed by atoms with E-state index in [0.717, 1.165) is 16.8 Å². The maximum absolute atomic E-state index is 12.6. The van der Waals surface area contributed by atoms with Gasteiger partial charge in [0.2, 0.25) is 5.91 Å². The molecule has 4 heteroatoms. The number of aryl methyl sites for hydroxylation is 2. The van der Waals surface area contributed by atoms with Crippen LogP contribution in [0.1, 0.15) is 17.5 Å². The van der Waals surface area contributed by atoms with Gasteiger partial charge in [-0.05, 0) is 37.6 Å². The molecule has 1 unspecified atom stereocenters. The van der Waals surface area contributed by atoms with Crippen LogP contribution in [0.25, 0.3) is 0 Å². The van der Waals surface area contributed by atoms with E-state index in [0.29, 0.717) is 5.69 Å². The van der Waals surface area contributed by atoms with Gasteiger partial charge in [0.25, 0.3) is 5.91 Å². The summed E-state index contributed by atoms with van der Waals surface area (Å²) in [5, 5.41) is 3.16. The Labute approximate surface area is 129 Å². The Kier molecular flexibility index (Phi) is 3.67. The van der Waals surface area contributed by atoms with Crippen molar-refractivity contribution in [2.75, 3.05) is 10.2 Å². The lowest BCUT2D eigenvalue weighted by atomic mass is 10.2. The van der Waals surface area contributed by atoms with E-state index < -0.39 is 6.04 Å². The Balaban J connectivity index is 1.82. The van der Waals surface area contributed by atoms with E-state index >= 15 is 0 Å². The number of imide groups is 1. The molecule has 3 rings (SSSR count). The van der Waals surface area contributed by atoms with E-state index in [1.807, 2.05) is 56.3 Å². The van der Waals surface area contributed by atoms with E-state index in [-0.39, 0.29) is 18.2 Å². The van der Waals surface area contributed by atoms with Crippen molar-refractivity contribution in [3.05, 3.63) is 59.7 Å². The quantitative estimate of drug-likeness (QED) is 0.885. The fraction of sp³-hybridized carbons (Fsp3) is 0.222. The second kappa shape index (κ2) is 5.64. The predicted octanol–water partition coefficient (Wildman–Crippen LogP) is 3.05. The van der Waals surface area contributed by atoms with Crippen LogP contribution >= 0.6 is 0 Å². The van der Waals surface area contributed by atoms with Gasteiger partial charge < -0.3 is 5.32 Å². The number of benzene rings is 2. The van der Waals surface area contributed by atoms with Crippen molar-refractivity contribution in [2.24, 2.45) is 0 Å². The number of rotatable bonds is 3. The third kappa shape index (κ3) is 2.60. The van der Waals surface area contributed by atoms with Crippen LogP contribution in [0.3, 0.4) is 0 Å². The molecular weight excluding hydrogens is 276 g/mol. The van der Waals surface area contributed by atoms with Crippen LogP contribution in [0.15, 0.2) is 48.5 Å². The van der Waals surface area contributed by atoms with Crippen molar-refractivity contribution >= 4 is 23.2 Å². The first-order chi connectivity index (χ1) is 10.6. The van der Waals surface area contributed by atoms with Gasteiger partial charge in [-0.25, -0.2) is 4.90 Å². The van der Waals surface area contributed by atoms with Crippen LogP contribution in [0.4, 0.5) is 11.4 Å². The topological polar surface area (TPSA) is 49.4 Å². The fourth-order valence-corrected chi connectivity index (χ4v) is 2.66. The number of para-hydroxylation sites is 1. The molecule has 22 heavy (non-hydrogen) atoms. The molecule has 0 saturated carbocycles. The van der Waals surface area contributed by atoms with Gasteiger partial charge in [0, 0.05) is 5.69 Å². The predicted molar refractivity (Wildman–Crippen MR) is 86.9 cm³/mol. The van der Waals surface area contributed by atoms with E-state index in [2.05, 4.69) is 5.32 Å². The van der Waals surface area contributed by atoms with Crippen LogP contribution in [-0.4, -0.2) is 17.9 Å². The molecule has 0 spiro atoms. The molecule has 1 heterocycles. The van der Waals surface area contributed by atoms with Gasteiger partial charge in [-0.15, -0.1) is 0 Å². The first kappa shape index (κ1) is 14.3. The number of amides is 2. The average molecular weight is 294 g/mol. The van der Waals surface area contributed by atoms with Gasteiger partial charge in [-0.3, -0.25) is 9.59 Å². The van der Waals surface area contributed by atoms with Crippen LogP contribution in [0, 0.1) is 13.8 Å². The van der Waals surface area contributed by atoms with E-state index in [9.17, 15) is 9.59 Å². The highest BCUT2D eigenvalue weighted by molar-refractivity contribution is 6.23. The standard InChI is InChI=1S/C18H18N2O2/c1-12-7-9-14(10-8-12)19-15-11-17(21)20(18(15)22)16-6-4-3-5-13(16)2/h3-10,15,19H,11H2,1-2H3. The Morgan fingerprint density at radius 3 is 2.36 bits per heavy atom. The molecule has 1 aliphatic heterocycles. The van der Waals surface area contributed by atoms with Gasteiger partial charge in [0.15, 0.2) is 0 Å². The maximum Gasteiger partial charge on any atom is 0.256 e. The molecule has 1 aliphatic rings. The largest absolute Gasteiger partial charge is 0.373 e. The molecule has 0 aromatic heterocycles. The zero-order valence-corrected chi connectivity index (χ0v) is 12.7. The monoisotopic (exact) mass is 294 g/mol. The molecule has 2 aromatic carbocycles. The number of nitrogens with zero attached hydrogens (tertiary/aromatic N) is 1. The van der Waals surface area contributed by atoms with Crippen molar-refractivity contribution in [2.45, 2.75) is 26.3 Å². The van der Waals surface area contributed by atoms with Gasteiger partial charge in [0.1, 0.15) is 6.04 Å². The molecule has 0 aliphatic carbocycles. The lowest BCUT2D eigenvalue weighted by Gasteiger charge is -2.18. The highest BCUT2D eigenvalue weighted by Gasteiger charge is 2.39. The Hall–Kier alpha value is -2.62. The Morgan fingerprint density at radius 2 is 1.68 bits per heavy atom. The maximum atomic E-state index is 12.6. The minimum atomic E-state index is -0.505. The third-order valence-corrected chi connectivity index (χ3v) is 3.90. The summed E-state index contributed by atoms with van der Waals surface area (Å²) in [6.45, 7) is 3.91. The van der Waals surface area contributed by atoms with E-state index in [1.165, 1.54) is 4.90 Å². The summed E-state index contributed by atoms with van der Waals surface area (Å²) in [4.78, 5) is 26.1. The Bertz CT molecular complexity index is 722. The molecule has 0 radical (unpaired) electrons. The second-order valence-electron chi connectivity index (χ2n) is 5.62. The minimum absolute atomic E-state index is 0.163. The summed E-state index contributed by atoms with van der Waals surface area (Å²) in [5.41, 5.74) is 3.59. The van der Waals surface area contributed by atoms with Gasteiger partial charge in [-0.2, -0.15) is 0 Å². The third-order valence-electron chi connectivity index (χ3n) is 3.90. The molecule has 1 atom stereocenters. The minimum Gasteiger partial charge on any atom is -0.373 e. The number of carbonyl (C=O) groups excluding carboxylic acids is 2. The van der Waals surface area contributed by atoms with Crippen molar-refractivity contribution < 1.29 is 9.59 Å². The van der Waals surface area contributed by atoms with Crippen molar-refractivity contribution in [1.29, 1.82) is 0 Å². The summed E-state index contributed by atoms with van der Waals surface area (Å²) in [6.07, 6.45) is 0.182. The van der Waals surface area contributed by atoms with Gasteiger partial charge in [-0.1, -0.05) is 35.9 Å². The lowest BCUT2D eigenvalue weighted by molar-refractivity contribution is -0.121. The smallest absolute Gasteiger partial charge is 0.256 e. The number of hydrogen-bond acceptors (Lipinski definition) is 3. The molecular formula is C18H18N2O2. The van der Waals surface area contributed by atoms with Gasteiger partial charge in [0.05, 0.1) is 12.1 Å². The fourth-order valence-electron chi connectivity index (χ4n) is 2.66. The number of hydrogen-bond donors (Lipinski definition) is 1. The van der Waals surface area contributed by atoms with Crippen molar-refractivity contribution in [3.8, 4) is 0 Å². The molecule has 2 amide bonds. The summed E-state index contributed by atoms with van der Waals surface area (Å²) >= 11 is 0. The average Bonchev–Trinajstić information content (AvgIpc) is 2.77. The highest BCUT2D eigenvalue weighted by Crippen LogP contribution is 2.27. The molecule has 4 nitrogen and oxygen atoms in total. The molecule has 1 saturated heterocycles. The zero-order valence-electron chi connectivity index (χ0n) is 12.7. The van der Waals surface area contributed by atoms with Crippen molar-refractivity contribution in [3.63, 3.8) is 0 Å². The van der Waals surface area contributed by atoms with Crippen LogP contribution in [0.2, 0.25) is 0 Å². The van der Waals surface area contributed by atoms with Gasteiger partial charge >= 0.3 is 0 Å². The number of carbonyl (C=O) groups is 2. The summed E-state index contributed by atoms with van der Waals surface area (Å²) in [6, 6.07) is 14.7. The van der Waals surface area contributed by atoms with E-state index in [4.69, 9.17) is 0 Å². The number of anilines is 2. The Morgan fingerprint density at radius 1 is 1.00 bits per heavy atom. The normalized spacial score (nSPS) is 17.9. The first-order valence-corrected chi connectivity index (χ1v) is 7.32. The molecule has 1 fully saturated rings. The molecule has 2 aromatic rings. The van der Waals surface area contributed by atoms with E-state index in [1.54, 1.807) is 6.07 Å². The van der Waals surface area contributed by atoms with Crippen LogP contribution in [-0.2, 0) is 9.59 Å². The zero-order chi connectivity index (χ0) is 15.7. The first-order valence-electron chi connectivity index (χ1n) is 7.32. The summed E-state index contributed by atoms with van der Waals surface area (Å²) in [7, 11) is 0. The lowest BCUT2D eigenvalue weighted by Crippen LogP contribution is -2.35. The highest BCUT2D eigenvalue weighted by atomic mass is 16.2. The molecule has 1 N–H and O–H groups in total. The van der Waals surface area contributed by atoms with Crippen LogP contribution in [0.5, 0.6) is 0 Å². The summed E-state index contributed by atoms with van der Waals surface area (Å²) in [5.74, 6) is -0.358. The van der Waals surface area contributed by atoms with Crippen LogP contribution < -0.4 is 10.2 Å².